The Morgan fingerprint density at radius 1 is 1.15 bits per heavy atom. The standard InChI is InChI=1S/C29H34N6O6/c1-29(2,3)41-28(38)34-14-17-12-33(13-18(17)15-34)27-31-22(19-8-7-9-20(26(36)37)24(19)39-4)23-25(32-27)35(16-30-23)21-10-5-6-11-40-21/h7-9,12,16,18,21H,5-6,10-11,13-15H2,1-4H3,(H,36,37). The van der Waals surface area contributed by atoms with Crippen molar-refractivity contribution in [3.63, 3.8) is 0 Å². The highest BCUT2D eigenvalue weighted by Gasteiger charge is 2.38. The average molecular weight is 563 g/mol. The molecule has 12 nitrogen and oxygen atoms in total. The number of imidazole rings is 1. The molecule has 2 saturated heterocycles. The number of anilines is 1. The molecule has 2 atom stereocenters. The molecule has 1 N–H and O–H groups in total. The number of aromatic nitrogens is 4. The Kier molecular flexibility index (Phi) is 6.80. The van der Waals surface area contributed by atoms with Crippen molar-refractivity contribution >= 4 is 29.2 Å². The molecule has 6 rings (SSSR count). The Morgan fingerprint density at radius 2 is 1.98 bits per heavy atom. The second-order valence-corrected chi connectivity index (χ2v) is 11.6. The first-order valence-electron chi connectivity index (χ1n) is 13.8. The van der Waals surface area contributed by atoms with Crippen molar-refractivity contribution in [2.24, 2.45) is 5.92 Å². The van der Waals surface area contributed by atoms with Crippen molar-refractivity contribution < 1.29 is 28.9 Å². The minimum Gasteiger partial charge on any atom is -0.495 e. The van der Waals surface area contributed by atoms with Gasteiger partial charge < -0.3 is 29.1 Å². The molecule has 216 valence electrons. The van der Waals surface area contributed by atoms with Crippen molar-refractivity contribution in [3.05, 3.63) is 41.9 Å². The summed E-state index contributed by atoms with van der Waals surface area (Å²) in [5, 5.41) is 9.80. The number of carbonyl (C=O) groups is 2. The number of carboxylic acids is 1. The number of fused-ring (bicyclic) bond motifs is 2. The van der Waals surface area contributed by atoms with E-state index in [1.54, 1.807) is 23.4 Å². The van der Waals surface area contributed by atoms with Crippen LogP contribution in [0, 0.1) is 5.92 Å². The van der Waals surface area contributed by atoms with Gasteiger partial charge in [-0.2, -0.15) is 4.98 Å². The van der Waals surface area contributed by atoms with Crippen molar-refractivity contribution in [2.75, 3.05) is 38.3 Å². The Balaban J connectivity index is 1.41. The molecule has 12 heteroatoms. The summed E-state index contributed by atoms with van der Waals surface area (Å²) in [6.45, 7) is 7.87. The van der Waals surface area contributed by atoms with Crippen LogP contribution < -0.4 is 9.64 Å². The summed E-state index contributed by atoms with van der Waals surface area (Å²) in [4.78, 5) is 42.9. The number of ether oxygens (including phenoxy) is 3. The third-order valence-electron chi connectivity index (χ3n) is 7.57. The second kappa shape index (κ2) is 10.3. The molecule has 3 aromatic rings. The van der Waals surface area contributed by atoms with Crippen LogP contribution in [0.2, 0.25) is 0 Å². The van der Waals surface area contributed by atoms with E-state index in [-0.39, 0.29) is 29.6 Å². The molecule has 2 unspecified atom stereocenters. The normalized spacial score (nSPS) is 20.7. The summed E-state index contributed by atoms with van der Waals surface area (Å²) in [6, 6.07) is 4.95. The molecule has 0 spiro atoms. The SMILES string of the molecule is COc1c(C(=O)O)cccc1-c1nc(N2C=C3CN(C(=O)OC(C)(C)C)CC3C2)nc2c1ncn2C1CCCCO1. The summed E-state index contributed by atoms with van der Waals surface area (Å²) in [7, 11) is 1.45. The summed E-state index contributed by atoms with van der Waals surface area (Å²) >= 11 is 0. The van der Waals surface area contributed by atoms with E-state index in [2.05, 4.69) is 4.98 Å². The number of likely N-dealkylation sites (tertiary alicyclic amines) is 1. The summed E-state index contributed by atoms with van der Waals surface area (Å²) < 4.78 is 19.1. The molecule has 0 radical (unpaired) electrons. The largest absolute Gasteiger partial charge is 0.495 e. The van der Waals surface area contributed by atoms with E-state index < -0.39 is 11.6 Å². The van der Waals surface area contributed by atoms with Gasteiger partial charge in [-0.05, 0) is 57.7 Å². The van der Waals surface area contributed by atoms with Gasteiger partial charge in [0.05, 0.1) is 13.4 Å². The fraction of sp³-hybridized carbons (Fsp3) is 0.483. The van der Waals surface area contributed by atoms with Gasteiger partial charge >= 0.3 is 12.1 Å². The highest BCUT2D eigenvalue weighted by molar-refractivity contribution is 5.97. The number of para-hydroxylation sites is 1. The number of nitrogens with zero attached hydrogens (tertiary/aromatic N) is 6. The summed E-state index contributed by atoms with van der Waals surface area (Å²) in [5.41, 5.74) is 2.71. The fourth-order valence-electron chi connectivity index (χ4n) is 5.70. The maximum Gasteiger partial charge on any atom is 0.410 e. The molecule has 5 heterocycles. The van der Waals surface area contributed by atoms with Crippen molar-refractivity contribution in [1.82, 2.24) is 24.4 Å². The van der Waals surface area contributed by atoms with Crippen LogP contribution in [0.5, 0.6) is 5.75 Å². The number of hydrogen-bond acceptors (Lipinski definition) is 9. The van der Waals surface area contributed by atoms with Crippen molar-refractivity contribution in [2.45, 2.75) is 51.9 Å². The quantitative estimate of drug-likeness (QED) is 0.475. The van der Waals surface area contributed by atoms with Gasteiger partial charge in [-0.15, -0.1) is 0 Å². The van der Waals surface area contributed by atoms with Gasteiger partial charge in [0.25, 0.3) is 0 Å². The first-order chi connectivity index (χ1) is 19.6. The maximum absolute atomic E-state index is 12.6. The Labute approximate surface area is 237 Å². The number of carbonyl (C=O) groups excluding carboxylic acids is 1. The maximum atomic E-state index is 12.6. The van der Waals surface area contributed by atoms with Crippen LogP contribution in [0.15, 0.2) is 36.3 Å². The molecular formula is C29H34N6O6. The zero-order chi connectivity index (χ0) is 28.9. The number of amides is 1. The van der Waals surface area contributed by atoms with E-state index in [0.29, 0.717) is 54.6 Å². The van der Waals surface area contributed by atoms with E-state index in [9.17, 15) is 14.7 Å². The predicted molar refractivity (Wildman–Crippen MR) is 150 cm³/mol. The van der Waals surface area contributed by atoms with Gasteiger partial charge in [0, 0.05) is 43.9 Å². The first-order valence-corrected chi connectivity index (χ1v) is 13.8. The fourth-order valence-corrected chi connectivity index (χ4v) is 5.70. The third-order valence-corrected chi connectivity index (χ3v) is 7.57. The Hall–Kier alpha value is -4.19. The zero-order valence-corrected chi connectivity index (χ0v) is 23.7. The van der Waals surface area contributed by atoms with Crippen LogP contribution in [0.4, 0.5) is 10.7 Å². The van der Waals surface area contributed by atoms with Crippen LogP contribution in [-0.2, 0) is 9.47 Å². The number of hydrogen-bond donors (Lipinski definition) is 1. The molecular weight excluding hydrogens is 528 g/mol. The third kappa shape index (κ3) is 5.08. The molecule has 2 aromatic heterocycles. The van der Waals surface area contributed by atoms with E-state index in [1.165, 1.54) is 13.2 Å². The topological polar surface area (TPSA) is 132 Å². The monoisotopic (exact) mass is 562 g/mol. The van der Waals surface area contributed by atoms with Gasteiger partial charge in [-0.1, -0.05) is 6.07 Å². The number of methoxy groups -OCH3 is 1. The Bertz CT molecular complexity index is 1540. The lowest BCUT2D eigenvalue weighted by Gasteiger charge is -2.25. The molecule has 1 amide bonds. The van der Waals surface area contributed by atoms with Gasteiger partial charge in [-0.3, -0.25) is 4.57 Å². The minimum absolute atomic E-state index is 0.0356. The van der Waals surface area contributed by atoms with Crippen LogP contribution >= 0.6 is 0 Å². The van der Waals surface area contributed by atoms with Crippen molar-refractivity contribution in [3.8, 4) is 17.0 Å². The molecule has 0 bridgehead atoms. The van der Waals surface area contributed by atoms with E-state index in [0.717, 1.165) is 24.8 Å². The molecule has 2 fully saturated rings. The van der Waals surface area contributed by atoms with Crippen LogP contribution in [0.25, 0.3) is 22.4 Å². The number of rotatable bonds is 5. The highest BCUT2D eigenvalue weighted by atomic mass is 16.6. The van der Waals surface area contributed by atoms with E-state index in [1.807, 2.05) is 36.4 Å². The molecule has 1 aromatic carbocycles. The molecule has 0 aliphatic carbocycles. The van der Waals surface area contributed by atoms with E-state index in [4.69, 9.17) is 24.2 Å². The van der Waals surface area contributed by atoms with E-state index >= 15 is 0 Å². The lowest BCUT2D eigenvalue weighted by molar-refractivity contribution is -0.0298. The second-order valence-electron chi connectivity index (χ2n) is 11.6. The molecule has 0 saturated carbocycles. The number of aromatic carboxylic acids is 1. The molecule has 3 aliphatic heterocycles. The highest BCUT2D eigenvalue weighted by Crippen LogP contribution is 2.39. The number of benzene rings is 1. The van der Waals surface area contributed by atoms with Crippen LogP contribution in [0.3, 0.4) is 0 Å². The van der Waals surface area contributed by atoms with Crippen molar-refractivity contribution in [1.29, 1.82) is 0 Å². The summed E-state index contributed by atoms with van der Waals surface area (Å²) in [6.07, 6.45) is 6.09. The molecule has 41 heavy (non-hydrogen) atoms. The smallest absolute Gasteiger partial charge is 0.410 e. The van der Waals surface area contributed by atoms with Gasteiger partial charge in [0.1, 0.15) is 34.4 Å². The van der Waals surface area contributed by atoms with Gasteiger partial charge in [-0.25, -0.2) is 19.6 Å². The van der Waals surface area contributed by atoms with Gasteiger partial charge in [0.15, 0.2) is 5.65 Å². The zero-order valence-electron chi connectivity index (χ0n) is 23.7. The Morgan fingerprint density at radius 3 is 2.66 bits per heavy atom. The molecule has 3 aliphatic rings. The van der Waals surface area contributed by atoms with Crippen LogP contribution in [-0.4, -0.2) is 80.5 Å². The lowest BCUT2D eigenvalue weighted by Crippen LogP contribution is -2.36. The van der Waals surface area contributed by atoms with Crippen LogP contribution in [0.1, 0.15) is 56.6 Å². The average Bonchev–Trinajstić information content (AvgIpc) is 3.65. The number of carboxylic acid groups (broad SMARTS) is 1. The first kappa shape index (κ1) is 27.0. The minimum atomic E-state index is -1.10. The predicted octanol–water partition coefficient (Wildman–Crippen LogP) is 4.47. The summed E-state index contributed by atoms with van der Waals surface area (Å²) in [5.74, 6) is -0.304. The lowest BCUT2D eigenvalue weighted by atomic mass is 10.0. The van der Waals surface area contributed by atoms with Gasteiger partial charge in [0.2, 0.25) is 5.95 Å².